The fraction of sp³-hybridized carbons (Fsp3) is 0.696. The van der Waals surface area contributed by atoms with Crippen molar-refractivity contribution in [3.05, 3.63) is 29.8 Å². The van der Waals surface area contributed by atoms with Crippen molar-refractivity contribution in [3.8, 4) is 0 Å². The predicted octanol–water partition coefficient (Wildman–Crippen LogP) is 4.76. The summed E-state index contributed by atoms with van der Waals surface area (Å²) in [7, 11) is 4.63. The third-order valence-corrected chi connectivity index (χ3v) is 8.02. The molecule has 0 atom stereocenters. The molecule has 0 amide bonds. The van der Waals surface area contributed by atoms with Crippen LogP contribution in [-0.2, 0) is 0 Å². The Morgan fingerprint density at radius 1 is 1.04 bits per heavy atom. The van der Waals surface area contributed by atoms with Gasteiger partial charge in [-0.25, -0.2) is 0 Å². The zero-order valence-electron chi connectivity index (χ0n) is 16.5. The number of carbonyl (C=O) groups excluding carboxylic acids is 1. The molecule has 1 heterocycles. The molecule has 1 saturated heterocycles. The minimum absolute atomic E-state index is 0.440. The number of rotatable bonds is 4. The van der Waals surface area contributed by atoms with Crippen LogP contribution in [0.2, 0.25) is 0 Å². The Kier molecular flexibility index (Phi) is 4.85. The molecule has 0 radical (unpaired) electrons. The first-order valence-electron chi connectivity index (χ1n) is 10.6. The van der Waals surface area contributed by atoms with Gasteiger partial charge in [0.05, 0.1) is 0 Å². The lowest BCUT2D eigenvalue weighted by Gasteiger charge is -2.52. The van der Waals surface area contributed by atoms with Gasteiger partial charge in [-0.3, -0.25) is 4.79 Å². The van der Waals surface area contributed by atoms with Crippen LogP contribution in [-0.4, -0.2) is 43.9 Å². The Labute approximate surface area is 158 Å². The van der Waals surface area contributed by atoms with Crippen LogP contribution in [0.15, 0.2) is 24.3 Å². The number of hydrogen-bond donors (Lipinski definition) is 0. The Hall–Kier alpha value is -1.35. The fourth-order valence-corrected chi connectivity index (χ4v) is 6.32. The minimum atomic E-state index is 0.440. The van der Waals surface area contributed by atoms with E-state index in [4.69, 9.17) is 0 Å². The van der Waals surface area contributed by atoms with Crippen molar-refractivity contribution in [2.24, 2.45) is 11.3 Å². The van der Waals surface area contributed by atoms with Crippen LogP contribution in [0, 0.1) is 11.3 Å². The smallest absolute Gasteiger partial charge is 0.152 e. The van der Waals surface area contributed by atoms with Gasteiger partial charge >= 0.3 is 0 Å². The number of anilines is 1. The highest BCUT2D eigenvalue weighted by Gasteiger charge is 2.50. The summed E-state index contributed by atoms with van der Waals surface area (Å²) in [6, 6.07) is 8.09. The van der Waals surface area contributed by atoms with Gasteiger partial charge in [-0.05, 0) is 82.5 Å². The molecule has 0 unspecified atom stereocenters. The molecular weight excluding hydrogens is 320 g/mol. The first kappa shape index (κ1) is 18.0. The van der Waals surface area contributed by atoms with E-state index in [-0.39, 0.29) is 0 Å². The van der Waals surface area contributed by atoms with Crippen molar-refractivity contribution in [1.82, 2.24) is 4.90 Å². The first-order chi connectivity index (χ1) is 12.6. The molecule has 1 aromatic carbocycles. The summed E-state index contributed by atoms with van der Waals surface area (Å²) in [6.45, 7) is 2.23. The lowest BCUT2D eigenvalue weighted by molar-refractivity contribution is 0.00126. The third-order valence-electron chi connectivity index (χ3n) is 8.02. The van der Waals surface area contributed by atoms with Gasteiger partial charge < -0.3 is 9.80 Å². The SMILES string of the molecule is CN(C)C1(C2CCCC2)CCC2(CCN(c3ccccc3C=O)C2)CC1. The van der Waals surface area contributed by atoms with Crippen LogP contribution in [0.25, 0.3) is 0 Å². The minimum Gasteiger partial charge on any atom is -0.370 e. The van der Waals surface area contributed by atoms with Crippen LogP contribution in [0.1, 0.15) is 68.1 Å². The van der Waals surface area contributed by atoms with Gasteiger partial charge in [-0.15, -0.1) is 0 Å². The van der Waals surface area contributed by atoms with Crippen molar-refractivity contribution in [1.29, 1.82) is 0 Å². The maximum absolute atomic E-state index is 11.4. The van der Waals surface area contributed by atoms with Gasteiger partial charge in [-0.2, -0.15) is 0 Å². The predicted molar refractivity (Wildman–Crippen MR) is 108 cm³/mol. The molecule has 26 heavy (non-hydrogen) atoms. The Bertz CT molecular complexity index is 639. The Morgan fingerprint density at radius 3 is 2.38 bits per heavy atom. The summed E-state index contributed by atoms with van der Waals surface area (Å²) in [4.78, 5) is 16.5. The number of carbonyl (C=O) groups is 1. The normalized spacial score (nSPS) is 32.7. The standard InChI is InChI=1S/C23H34N2O/c1-24(2)23(20-8-4-5-9-20)13-11-22(12-14-23)15-16-25(18-22)21-10-6-3-7-19(21)17-26/h3,6-7,10,17,20H,4-5,8-9,11-16,18H2,1-2H3. The van der Waals surface area contributed by atoms with Crippen LogP contribution in [0.5, 0.6) is 0 Å². The topological polar surface area (TPSA) is 23.6 Å². The zero-order chi connectivity index (χ0) is 18.2. The number of para-hydroxylation sites is 1. The summed E-state index contributed by atoms with van der Waals surface area (Å²) < 4.78 is 0. The number of hydrogen-bond acceptors (Lipinski definition) is 3. The van der Waals surface area contributed by atoms with Gasteiger partial charge in [0.15, 0.2) is 6.29 Å². The molecular formula is C23H34N2O. The largest absolute Gasteiger partial charge is 0.370 e. The molecule has 1 aromatic rings. The van der Waals surface area contributed by atoms with Gasteiger partial charge in [-0.1, -0.05) is 25.0 Å². The maximum atomic E-state index is 11.4. The second-order valence-corrected chi connectivity index (χ2v) is 9.33. The Balaban J connectivity index is 1.48. The van der Waals surface area contributed by atoms with Gasteiger partial charge in [0.1, 0.15) is 0 Å². The molecule has 2 aliphatic carbocycles. The quantitative estimate of drug-likeness (QED) is 0.728. The maximum Gasteiger partial charge on any atom is 0.152 e. The van der Waals surface area contributed by atoms with Gasteiger partial charge in [0.2, 0.25) is 0 Å². The second kappa shape index (κ2) is 6.99. The first-order valence-corrected chi connectivity index (χ1v) is 10.6. The zero-order valence-corrected chi connectivity index (χ0v) is 16.5. The summed E-state index contributed by atoms with van der Waals surface area (Å²) in [5, 5.41) is 0. The van der Waals surface area contributed by atoms with E-state index >= 15 is 0 Å². The van der Waals surface area contributed by atoms with Gasteiger partial charge in [0, 0.05) is 29.9 Å². The van der Waals surface area contributed by atoms with E-state index < -0.39 is 0 Å². The van der Waals surface area contributed by atoms with Gasteiger partial charge in [0.25, 0.3) is 0 Å². The van der Waals surface area contributed by atoms with Crippen molar-refractivity contribution in [2.75, 3.05) is 32.1 Å². The van der Waals surface area contributed by atoms with Crippen LogP contribution < -0.4 is 4.90 Å². The highest BCUT2D eigenvalue weighted by Crippen LogP contribution is 2.53. The van der Waals surface area contributed by atoms with E-state index in [0.29, 0.717) is 11.0 Å². The molecule has 142 valence electrons. The summed E-state index contributed by atoms with van der Waals surface area (Å²) in [6.07, 6.45) is 13.4. The highest BCUT2D eigenvalue weighted by molar-refractivity contribution is 5.84. The molecule has 3 heteroatoms. The summed E-state index contributed by atoms with van der Waals surface area (Å²) in [5.41, 5.74) is 2.89. The lowest BCUT2D eigenvalue weighted by Crippen LogP contribution is -2.54. The monoisotopic (exact) mass is 354 g/mol. The van der Waals surface area contributed by atoms with Crippen molar-refractivity contribution < 1.29 is 4.79 Å². The fourth-order valence-electron chi connectivity index (χ4n) is 6.32. The molecule has 1 spiro atoms. The van der Waals surface area contributed by atoms with Crippen LogP contribution >= 0.6 is 0 Å². The molecule has 4 rings (SSSR count). The van der Waals surface area contributed by atoms with Crippen LogP contribution in [0.3, 0.4) is 0 Å². The summed E-state index contributed by atoms with van der Waals surface area (Å²) in [5.74, 6) is 0.906. The molecule has 2 saturated carbocycles. The number of benzene rings is 1. The molecule has 0 N–H and O–H groups in total. The Morgan fingerprint density at radius 2 is 1.73 bits per heavy atom. The molecule has 3 nitrogen and oxygen atoms in total. The highest BCUT2D eigenvalue weighted by atomic mass is 16.1. The van der Waals surface area contributed by atoms with E-state index in [1.807, 2.05) is 12.1 Å². The number of nitrogens with zero attached hydrogens (tertiary/aromatic N) is 2. The average molecular weight is 355 g/mol. The molecule has 0 bridgehead atoms. The van der Waals surface area contributed by atoms with Crippen molar-refractivity contribution in [2.45, 2.75) is 63.3 Å². The van der Waals surface area contributed by atoms with E-state index in [1.165, 1.54) is 57.8 Å². The van der Waals surface area contributed by atoms with E-state index in [9.17, 15) is 4.79 Å². The molecule has 3 aliphatic rings. The van der Waals surface area contributed by atoms with E-state index in [1.54, 1.807) is 0 Å². The van der Waals surface area contributed by atoms with Crippen molar-refractivity contribution >= 4 is 12.0 Å². The third kappa shape index (κ3) is 2.98. The molecule has 3 fully saturated rings. The van der Waals surface area contributed by atoms with E-state index in [2.05, 4.69) is 36.0 Å². The molecule has 1 aliphatic heterocycles. The number of aldehydes is 1. The van der Waals surface area contributed by atoms with Crippen molar-refractivity contribution in [3.63, 3.8) is 0 Å². The van der Waals surface area contributed by atoms with Crippen LogP contribution in [0.4, 0.5) is 5.69 Å². The summed E-state index contributed by atoms with van der Waals surface area (Å²) >= 11 is 0. The molecule has 0 aromatic heterocycles. The van der Waals surface area contributed by atoms with E-state index in [0.717, 1.165) is 36.5 Å². The second-order valence-electron chi connectivity index (χ2n) is 9.33. The average Bonchev–Trinajstić information content (AvgIpc) is 3.33. The lowest BCUT2D eigenvalue weighted by atomic mass is 9.62.